The van der Waals surface area contributed by atoms with Gasteiger partial charge in [0.2, 0.25) is 11.8 Å². The predicted octanol–water partition coefficient (Wildman–Crippen LogP) is 4.80. The minimum absolute atomic E-state index is 0.00358. The molecule has 2 N–H and O–H groups in total. The average Bonchev–Trinajstić information content (AvgIpc) is 3.00. The Morgan fingerprint density at radius 2 is 1.49 bits per heavy atom. The minimum Gasteiger partial charge on any atom is -0.355 e. The Bertz CT molecular complexity index is 1300. The van der Waals surface area contributed by atoms with E-state index in [-0.39, 0.29) is 29.7 Å². The summed E-state index contributed by atoms with van der Waals surface area (Å²) < 4.78 is 0. The predicted molar refractivity (Wildman–Crippen MR) is 152 cm³/mol. The second-order valence-electron chi connectivity index (χ2n) is 10.6. The number of benzene rings is 3. The Balaban J connectivity index is 1.34. The van der Waals surface area contributed by atoms with Crippen LogP contribution in [0.4, 0.5) is 0 Å². The Kier molecular flexibility index (Phi) is 8.10. The maximum absolute atomic E-state index is 13.9. The Hall–Kier alpha value is -3.93. The van der Waals surface area contributed by atoms with Crippen LogP contribution in [0.1, 0.15) is 72.0 Å². The largest absolute Gasteiger partial charge is 0.355 e. The highest BCUT2D eigenvalue weighted by atomic mass is 16.2. The van der Waals surface area contributed by atoms with Gasteiger partial charge in [-0.05, 0) is 60.9 Å². The van der Waals surface area contributed by atoms with E-state index in [2.05, 4.69) is 17.6 Å². The smallest absolute Gasteiger partial charge is 0.251 e. The molecule has 3 aromatic rings. The van der Waals surface area contributed by atoms with Gasteiger partial charge >= 0.3 is 0 Å². The molecule has 5 rings (SSSR count). The molecule has 1 aliphatic carbocycles. The molecule has 0 aromatic heterocycles. The molecule has 1 aliphatic heterocycles. The molecule has 3 aromatic carbocycles. The summed E-state index contributed by atoms with van der Waals surface area (Å²) >= 11 is 0. The summed E-state index contributed by atoms with van der Waals surface area (Å²) in [6, 6.07) is 27.2. The number of carbonyl (C=O) groups is 3. The fourth-order valence-corrected chi connectivity index (χ4v) is 6.20. The highest BCUT2D eigenvalue weighted by Gasteiger charge is 2.48. The first-order valence-electron chi connectivity index (χ1n) is 14.1. The number of piperidine rings is 1. The molecule has 1 saturated heterocycles. The first-order chi connectivity index (χ1) is 19.0. The van der Waals surface area contributed by atoms with Crippen LogP contribution in [0.2, 0.25) is 0 Å². The van der Waals surface area contributed by atoms with Gasteiger partial charge in [0, 0.05) is 31.2 Å². The van der Waals surface area contributed by atoms with Crippen molar-refractivity contribution in [3.8, 4) is 0 Å². The lowest BCUT2D eigenvalue weighted by Gasteiger charge is -2.42. The average molecular weight is 524 g/mol. The van der Waals surface area contributed by atoms with Crippen LogP contribution >= 0.6 is 0 Å². The number of fused-ring (bicyclic) bond motifs is 1. The molecule has 3 amide bonds. The molecule has 6 heteroatoms. The molecular formula is C33H37N3O3. The standard InChI is InChI=1S/C33H37N3O3/c1-2-21-34-32(39)33(25-13-7-4-8-14-25)20-17-28(27-15-9-10-16-29(27)33)31(38)36-22-18-26(19-23-36)35-30(37)24-11-5-3-6-12-24/h3-16,26,28H,2,17-23H2,1H3,(H,34,39)(H,35,37). The quantitative estimate of drug-likeness (QED) is 0.467. The third kappa shape index (κ3) is 5.33. The summed E-state index contributed by atoms with van der Waals surface area (Å²) in [5, 5.41) is 6.28. The van der Waals surface area contributed by atoms with Crippen LogP contribution in [0.3, 0.4) is 0 Å². The summed E-state index contributed by atoms with van der Waals surface area (Å²) in [6.45, 7) is 3.89. The molecule has 39 heavy (non-hydrogen) atoms. The molecule has 0 radical (unpaired) electrons. The van der Waals surface area contributed by atoms with Crippen molar-refractivity contribution in [1.82, 2.24) is 15.5 Å². The van der Waals surface area contributed by atoms with Gasteiger partial charge < -0.3 is 15.5 Å². The molecule has 6 nitrogen and oxygen atoms in total. The number of rotatable bonds is 7. The molecule has 0 saturated carbocycles. The second-order valence-corrected chi connectivity index (χ2v) is 10.6. The maximum atomic E-state index is 13.9. The summed E-state index contributed by atoms with van der Waals surface area (Å²) in [5.74, 6) is -0.234. The lowest BCUT2D eigenvalue weighted by Crippen LogP contribution is -2.51. The molecular weight excluding hydrogens is 486 g/mol. The van der Waals surface area contributed by atoms with Gasteiger partial charge in [0.1, 0.15) is 0 Å². The number of carbonyl (C=O) groups excluding carboxylic acids is 3. The molecule has 202 valence electrons. The molecule has 1 fully saturated rings. The van der Waals surface area contributed by atoms with Crippen molar-refractivity contribution < 1.29 is 14.4 Å². The van der Waals surface area contributed by atoms with Crippen molar-refractivity contribution in [1.29, 1.82) is 0 Å². The number of likely N-dealkylation sites (tertiary alicyclic amines) is 1. The topological polar surface area (TPSA) is 78.5 Å². The zero-order valence-electron chi connectivity index (χ0n) is 22.6. The zero-order valence-corrected chi connectivity index (χ0v) is 22.6. The van der Waals surface area contributed by atoms with Gasteiger partial charge in [-0.3, -0.25) is 14.4 Å². The van der Waals surface area contributed by atoms with Crippen LogP contribution in [-0.4, -0.2) is 48.3 Å². The molecule has 2 atom stereocenters. The van der Waals surface area contributed by atoms with Gasteiger partial charge in [-0.25, -0.2) is 0 Å². The highest BCUT2D eigenvalue weighted by Crippen LogP contribution is 2.47. The van der Waals surface area contributed by atoms with E-state index in [0.717, 1.165) is 36.0 Å². The zero-order chi connectivity index (χ0) is 27.2. The highest BCUT2D eigenvalue weighted by molar-refractivity contribution is 5.95. The van der Waals surface area contributed by atoms with Crippen LogP contribution in [0.15, 0.2) is 84.9 Å². The number of nitrogens with zero attached hydrogens (tertiary/aromatic N) is 1. The molecule has 2 unspecified atom stereocenters. The number of hydrogen-bond donors (Lipinski definition) is 2. The van der Waals surface area contributed by atoms with E-state index < -0.39 is 5.41 Å². The van der Waals surface area contributed by atoms with Gasteiger partial charge in [-0.15, -0.1) is 0 Å². The number of nitrogens with one attached hydrogen (secondary N) is 2. The Labute approximate surface area is 230 Å². The van der Waals surface area contributed by atoms with E-state index >= 15 is 0 Å². The summed E-state index contributed by atoms with van der Waals surface area (Å²) in [6.07, 6.45) is 3.50. The third-order valence-electron chi connectivity index (χ3n) is 8.27. The Morgan fingerprint density at radius 1 is 0.846 bits per heavy atom. The van der Waals surface area contributed by atoms with Crippen LogP contribution in [0, 0.1) is 0 Å². The monoisotopic (exact) mass is 523 g/mol. The fraction of sp³-hybridized carbons (Fsp3) is 0.364. The molecule has 2 aliphatic rings. The molecule has 1 heterocycles. The van der Waals surface area contributed by atoms with E-state index in [1.54, 1.807) is 0 Å². The normalized spacial score (nSPS) is 21.1. The van der Waals surface area contributed by atoms with Gasteiger partial charge in [0.25, 0.3) is 5.91 Å². The summed E-state index contributed by atoms with van der Waals surface area (Å²) in [7, 11) is 0. The van der Waals surface area contributed by atoms with Crippen molar-refractivity contribution >= 4 is 17.7 Å². The van der Waals surface area contributed by atoms with Crippen LogP contribution in [0.5, 0.6) is 0 Å². The minimum atomic E-state index is -0.821. The van der Waals surface area contributed by atoms with E-state index in [1.807, 2.05) is 89.8 Å². The molecule has 0 spiro atoms. The second kappa shape index (κ2) is 11.9. The van der Waals surface area contributed by atoms with Crippen LogP contribution in [0.25, 0.3) is 0 Å². The van der Waals surface area contributed by atoms with E-state index in [1.165, 1.54) is 0 Å². The maximum Gasteiger partial charge on any atom is 0.251 e. The fourth-order valence-electron chi connectivity index (χ4n) is 6.20. The van der Waals surface area contributed by atoms with Crippen molar-refractivity contribution in [3.05, 3.63) is 107 Å². The summed E-state index contributed by atoms with van der Waals surface area (Å²) in [4.78, 5) is 42.2. The first kappa shape index (κ1) is 26.7. The van der Waals surface area contributed by atoms with Crippen molar-refractivity contribution in [2.45, 2.75) is 56.4 Å². The van der Waals surface area contributed by atoms with Crippen LogP contribution in [-0.2, 0) is 15.0 Å². The van der Waals surface area contributed by atoms with E-state index in [0.29, 0.717) is 38.0 Å². The molecule has 0 bridgehead atoms. The Morgan fingerprint density at radius 3 is 2.18 bits per heavy atom. The van der Waals surface area contributed by atoms with Gasteiger partial charge in [-0.1, -0.05) is 79.7 Å². The summed E-state index contributed by atoms with van der Waals surface area (Å²) in [5.41, 5.74) is 2.67. The number of hydrogen-bond acceptors (Lipinski definition) is 3. The van der Waals surface area contributed by atoms with Crippen molar-refractivity contribution in [3.63, 3.8) is 0 Å². The van der Waals surface area contributed by atoms with Gasteiger partial charge in [-0.2, -0.15) is 0 Å². The van der Waals surface area contributed by atoms with E-state index in [9.17, 15) is 14.4 Å². The van der Waals surface area contributed by atoms with Crippen molar-refractivity contribution in [2.24, 2.45) is 0 Å². The first-order valence-corrected chi connectivity index (χ1v) is 14.1. The van der Waals surface area contributed by atoms with Crippen molar-refractivity contribution in [2.75, 3.05) is 19.6 Å². The lowest BCUT2D eigenvalue weighted by molar-refractivity contribution is -0.135. The van der Waals surface area contributed by atoms with Gasteiger partial charge in [0.15, 0.2) is 0 Å². The van der Waals surface area contributed by atoms with Crippen LogP contribution < -0.4 is 10.6 Å². The van der Waals surface area contributed by atoms with E-state index in [4.69, 9.17) is 0 Å². The SMILES string of the molecule is CCCNC(=O)C1(c2ccccc2)CCC(C(=O)N2CCC(NC(=O)c3ccccc3)CC2)c2ccccc21. The third-order valence-corrected chi connectivity index (χ3v) is 8.27. The van der Waals surface area contributed by atoms with Gasteiger partial charge in [0.05, 0.1) is 11.3 Å². The number of amides is 3. The lowest BCUT2D eigenvalue weighted by atomic mass is 9.62.